The summed E-state index contributed by atoms with van der Waals surface area (Å²) in [5.74, 6) is 0.00773. The van der Waals surface area contributed by atoms with Gasteiger partial charge in [0.1, 0.15) is 0 Å². The van der Waals surface area contributed by atoms with E-state index in [0.717, 1.165) is 6.42 Å². The molecule has 2 aromatic carbocycles. The average Bonchev–Trinajstić information content (AvgIpc) is 2.74. The molecule has 1 saturated heterocycles. The molecule has 0 spiro atoms. The first-order valence-electron chi connectivity index (χ1n) is 10.4. The molecule has 0 bridgehead atoms. The predicted octanol–water partition coefficient (Wildman–Crippen LogP) is 2.82. The van der Waals surface area contributed by atoms with Crippen LogP contribution in [0.25, 0.3) is 0 Å². The minimum absolute atomic E-state index is 0.0578. The van der Waals surface area contributed by atoms with Crippen LogP contribution >= 0.6 is 0 Å². The Morgan fingerprint density at radius 3 is 2.28 bits per heavy atom. The van der Waals surface area contributed by atoms with Crippen molar-refractivity contribution in [3.05, 3.63) is 53.6 Å². The number of rotatable bonds is 6. The van der Waals surface area contributed by atoms with Crippen LogP contribution in [-0.2, 0) is 20.0 Å². The lowest BCUT2D eigenvalue weighted by Crippen LogP contribution is -2.42. The van der Waals surface area contributed by atoms with E-state index in [1.807, 2.05) is 13.8 Å². The molecule has 2 N–H and O–H groups in total. The van der Waals surface area contributed by atoms with Crippen molar-refractivity contribution in [1.29, 1.82) is 0 Å². The molecule has 0 saturated carbocycles. The molecule has 2 atom stereocenters. The molecule has 10 heteroatoms. The van der Waals surface area contributed by atoms with Gasteiger partial charge in [0.05, 0.1) is 9.79 Å². The van der Waals surface area contributed by atoms with E-state index in [-0.39, 0.29) is 27.2 Å². The number of nitrogens with zero attached hydrogens (tertiary/aromatic N) is 1. The van der Waals surface area contributed by atoms with Gasteiger partial charge in [0.15, 0.2) is 0 Å². The zero-order valence-electron chi connectivity index (χ0n) is 18.6. The molecule has 0 radical (unpaired) electrons. The summed E-state index contributed by atoms with van der Waals surface area (Å²) < 4.78 is 54.4. The molecule has 0 unspecified atom stereocenters. The normalized spacial score (nSPS) is 20.1. The van der Waals surface area contributed by atoms with Gasteiger partial charge in [-0.05, 0) is 68.1 Å². The molecule has 3 rings (SSSR count). The second kappa shape index (κ2) is 9.30. The van der Waals surface area contributed by atoms with Crippen LogP contribution in [0, 0.1) is 18.8 Å². The molecule has 1 aliphatic rings. The standard InChI is InChI=1S/C22H29N3O5S2/c1-15-10-16(2)14-25(13-15)32(29,30)20-7-5-6-18(11-20)22(26)24-19-9-8-17(3)21(12-19)31(27,28)23-4/h5-9,11-12,15-16,23H,10,13-14H2,1-4H3,(H,24,26)/t15-,16-/m0/s1. The molecule has 2 aromatic rings. The first kappa shape index (κ1) is 24.4. The minimum atomic E-state index is -3.73. The van der Waals surface area contributed by atoms with Gasteiger partial charge < -0.3 is 5.32 Å². The fraction of sp³-hybridized carbons (Fsp3) is 0.409. The summed E-state index contributed by atoms with van der Waals surface area (Å²) in [6.07, 6.45) is 0.982. The van der Waals surface area contributed by atoms with Crippen molar-refractivity contribution >= 4 is 31.6 Å². The van der Waals surface area contributed by atoms with Crippen LogP contribution in [0.5, 0.6) is 0 Å². The molecule has 1 heterocycles. The molecular formula is C22H29N3O5S2. The fourth-order valence-electron chi connectivity index (χ4n) is 4.03. The zero-order valence-corrected chi connectivity index (χ0v) is 20.3. The van der Waals surface area contributed by atoms with E-state index in [9.17, 15) is 21.6 Å². The lowest BCUT2D eigenvalue weighted by molar-refractivity contribution is 0.102. The van der Waals surface area contributed by atoms with Gasteiger partial charge in [-0.3, -0.25) is 4.79 Å². The number of sulfonamides is 2. The third kappa shape index (κ3) is 5.20. The minimum Gasteiger partial charge on any atom is -0.322 e. The van der Waals surface area contributed by atoms with Crippen molar-refractivity contribution in [3.8, 4) is 0 Å². The van der Waals surface area contributed by atoms with Gasteiger partial charge in [0, 0.05) is 24.3 Å². The highest BCUT2D eigenvalue weighted by atomic mass is 32.2. The number of carbonyl (C=O) groups is 1. The van der Waals surface area contributed by atoms with Crippen LogP contribution in [0.1, 0.15) is 36.2 Å². The first-order valence-corrected chi connectivity index (χ1v) is 13.3. The quantitative estimate of drug-likeness (QED) is 0.662. The molecule has 1 aliphatic heterocycles. The van der Waals surface area contributed by atoms with E-state index in [1.54, 1.807) is 19.1 Å². The van der Waals surface area contributed by atoms with Gasteiger partial charge >= 0.3 is 0 Å². The third-order valence-corrected chi connectivity index (χ3v) is 8.96. The Balaban J connectivity index is 1.86. The van der Waals surface area contributed by atoms with E-state index < -0.39 is 26.0 Å². The molecule has 174 valence electrons. The largest absolute Gasteiger partial charge is 0.322 e. The summed E-state index contributed by atoms with van der Waals surface area (Å²) >= 11 is 0. The van der Waals surface area contributed by atoms with Gasteiger partial charge in [0.2, 0.25) is 20.0 Å². The molecule has 0 aromatic heterocycles. The van der Waals surface area contributed by atoms with Crippen LogP contribution in [0.15, 0.2) is 52.3 Å². The Labute approximate surface area is 190 Å². The summed E-state index contributed by atoms with van der Waals surface area (Å²) in [6.45, 7) is 6.63. The first-order chi connectivity index (χ1) is 14.9. The molecular weight excluding hydrogens is 450 g/mol. The number of hydrogen-bond acceptors (Lipinski definition) is 5. The van der Waals surface area contributed by atoms with Crippen molar-refractivity contribution in [2.24, 2.45) is 11.8 Å². The lowest BCUT2D eigenvalue weighted by atomic mass is 9.94. The molecule has 1 fully saturated rings. The van der Waals surface area contributed by atoms with E-state index >= 15 is 0 Å². The number of amides is 1. The Hall–Kier alpha value is -2.27. The van der Waals surface area contributed by atoms with Crippen LogP contribution in [0.3, 0.4) is 0 Å². The molecule has 1 amide bonds. The molecule has 8 nitrogen and oxygen atoms in total. The van der Waals surface area contributed by atoms with Crippen LogP contribution in [0.4, 0.5) is 5.69 Å². The van der Waals surface area contributed by atoms with Crippen molar-refractivity contribution in [2.45, 2.75) is 37.0 Å². The summed E-state index contributed by atoms with van der Waals surface area (Å²) in [7, 11) is -6.10. The van der Waals surface area contributed by atoms with Gasteiger partial charge in [-0.15, -0.1) is 0 Å². The number of anilines is 1. The van der Waals surface area contributed by atoms with E-state index in [2.05, 4.69) is 10.0 Å². The van der Waals surface area contributed by atoms with Crippen LogP contribution in [0.2, 0.25) is 0 Å². The topological polar surface area (TPSA) is 113 Å². The summed E-state index contributed by atoms with van der Waals surface area (Å²) in [6, 6.07) is 10.5. The lowest BCUT2D eigenvalue weighted by Gasteiger charge is -2.34. The highest BCUT2D eigenvalue weighted by Crippen LogP contribution is 2.27. The van der Waals surface area contributed by atoms with Crippen molar-refractivity contribution in [3.63, 3.8) is 0 Å². The number of carbonyl (C=O) groups excluding carboxylic acids is 1. The second-order valence-electron chi connectivity index (χ2n) is 8.44. The molecule has 32 heavy (non-hydrogen) atoms. The average molecular weight is 480 g/mol. The number of hydrogen-bond donors (Lipinski definition) is 2. The smallest absolute Gasteiger partial charge is 0.255 e. The van der Waals surface area contributed by atoms with Gasteiger partial charge in [-0.1, -0.05) is 26.0 Å². The Bertz CT molecular complexity index is 1220. The van der Waals surface area contributed by atoms with Crippen molar-refractivity contribution in [1.82, 2.24) is 9.03 Å². The van der Waals surface area contributed by atoms with E-state index in [4.69, 9.17) is 0 Å². The van der Waals surface area contributed by atoms with E-state index in [1.165, 1.54) is 41.7 Å². The number of nitrogens with one attached hydrogen (secondary N) is 2. The highest BCUT2D eigenvalue weighted by Gasteiger charge is 2.32. The summed E-state index contributed by atoms with van der Waals surface area (Å²) in [4.78, 5) is 12.9. The Morgan fingerprint density at radius 1 is 1.00 bits per heavy atom. The van der Waals surface area contributed by atoms with E-state index in [0.29, 0.717) is 24.3 Å². The molecule has 0 aliphatic carbocycles. The van der Waals surface area contributed by atoms with Gasteiger partial charge in [-0.2, -0.15) is 4.31 Å². The maximum atomic E-state index is 13.2. The zero-order chi connectivity index (χ0) is 23.7. The maximum Gasteiger partial charge on any atom is 0.255 e. The summed E-state index contributed by atoms with van der Waals surface area (Å²) in [5.41, 5.74) is 1.000. The predicted molar refractivity (Wildman–Crippen MR) is 124 cm³/mol. The van der Waals surface area contributed by atoms with Crippen LogP contribution in [-0.4, -0.2) is 47.2 Å². The number of piperidine rings is 1. The van der Waals surface area contributed by atoms with Gasteiger partial charge in [-0.25, -0.2) is 21.6 Å². The summed E-state index contributed by atoms with van der Waals surface area (Å²) in [5, 5.41) is 2.65. The fourth-order valence-corrected chi connectivity index (χ4v) is 6.75. The SMILES string of the molecule is CNS(=O)(=O)c1cc(NC(=O)c2cccc(S(=O)(=O)N3C[C@@H](C)C[C@H](C)C3)c2)ccc1C. The monoisotopic (exact) mass is 479 g/mol. The maximum absolute atomic E-state index is 13.2. The van der Waals surface area contributed by atoms with Gasteiger partial charge in [0.25, 0.3) is 5.91 Å². The van der Waals surface area contributed by atoms with Crippen molar-refractivity contribution in [2.75, 3.05) is 25.5 Å². The second-order valence-corrected chi connectivity index (χ2v) is 12.2. The van der Waals surface area contributed by atoms with Crippen LogP contribution < -0.4 is 10.0 Å². The number of benzene rings is 2. The van der Waals surface area contributed by atoms with Crippen molar-refractivity contribution < 1.29 is 21.6 Å². The Kier molecular flexibility index (Phi) is 7.09. The number of aryl methyl sites for hydroxylation is 1. The highest BCUT2D eigenvalue weighted by molar-refractivity contribution is 7.89. The third-order valence-electron chi connectivity index (χ3n) is 5.57. The Morgan fingerprint density at radius 2 is 1.66 bits per heavy atom.